The molecule has 0 aliphatic rings. The van der Waals surface area contributed by atoms with Crippen molar-refractivity contribution in [1.29, 1.82) is 0 Å². The highest BCUT2D eigenvalue weighted by atomic mass is 19.1. The maximum atomic E-state index is 13.4. The number of benzene rings is 1. The second-order valence-electron chi connectivity index (χ2n) is 3.02. The van der Waals surface area contributed by atoms with Crippen molar-refractivity contribution in [2.24, 2.45) is 0 Å². The summed E-state index contributed by atoms with van der Waals surface area (Å²) in [7, 11) is 0. The number of aryl methyl sites for hydroxylation is 1. The predicted octanol–water partition coefficient (Wildman–Crippen LogP) is 2.74. The van der Waals surface area contributed by atoms with Crippen molar-refractivity contribution >= 4 is 0 Å². The summed E-state index contributed by atoms with van der Waals surface area (Å²) in [5, 5.41) is 9.51. The first-order valence-corrected chi connectivity index (χ1v) is 4.20. The summed E-state index contributed by atoms with van der Waals surface area (Å²) in [4.78, 5) is 0. The van der Waals surface area contributed by atoms with E-state index in [-0.39, 0.29) is 5.82 Å². The van der Waals surface area contributed by atoms with Crippen LogP contribution in [0, 0.1) is 12.7 Å². The first kappa shape index (κ1) is 9.93. The normalized spacial score (nSPS) is 12.5. The average Bonchev–Trinajstić information content (AvgIpc) is 2.10. The van der Waals surface area contributed by atoms with Crippen molar-refractivity contribution in [1.82, 2.24) is 0 Å². The van der Waals surface area contributed by atoms with Crippen molar-refractivity contribution < 1.29 is 9.50 Å². The number of hydrogen-bond donors (Lipinski definition) is 1. The van der Waals surface area contributed by atoms with Crippen LogP contribution in [0.1, 0.15) is 23.7 Å². The Balaban J connectivity index is 3.00. The molecule has 1 aromatic rings. The van der Waals surface area contributed by atoms with Crippen molar-refractivity contribution in [3.05, 3.63) is 47.8 Å². The van der Waals surface area contributed by atoms with Gasteiger partial charge in [0.2, 0.25) is 0 Å². The Morgan fingerprint density at radius 1 is 1.62 bits per heavy atom. The van der Waals surface area contributed by atoms with E-state index < -0.39 is 6.10 Å². The molecule has 1 unspecified atom stereocenters. The molecule has 1 aromatic carbocycles. The van der Waals surface area contributed by atoms with E-state index in [4.69, 9.17) is 0 Å². The highest BCUT2D eigenvalue weighted by Gasteiger charge is 2.11. The molecule has 13 heavy (non-hydrogen) atoms. The smallest absolute Gasteiger partial charge is 0.131 e. The Bertz CT molecular complexity index is 307. The number of rotatable bonds is 3. The second-order valence-corrected chi connectivity index (χ2v) is 3.02. The maximum absolute atomic E-state index is 13.4. The van der Waals surface area contributed by atoms with Crippen molar-refractivity contribution in [3.63, 3.8) is 0 Å². The standard InChI is InChI=1S/C11H13FO/c1-3-5-10(13)9-7-4-6-8(2)11(9)12/h3-4,6-7,10,13H,1,5H2,2H3. The molecule has 1 N–H and O–H groups in total. The molecule has 1 atom stereocenters. The van der Waals surface area contributed by atoms with Crippen LogP contribution in [0.3, 0.4) is 0 Å². The van der Waals surface area contributed by atoms with E-state index in [2.05, 4.69) is 6.58 Å². The van der Waals surface area contributed by atoms with Gasteiger partial charge in [-0.25, -0.2) is 4.39 Å². The molecule has 0 amide bonds. The van der Waals surface area contributed by atoms with Crippen molar-refractivity contribution in [3.8, 4) is 0 Å². The minimum Gasteiger partial charge on any atom is -0.388 e. The van der Waals surface area contributed by atoms with Crippen LogP contribution in [0.15, 0.2) is 30.9 Å². The molecule has 0 saturated heterocycles. The van der Waals surface area contributed by atoms with Gasteiger partial charge in [-0.1, -0.05) is 24.3 Å². The Morgan fingerprint density at radius 2 is 2.31 bits per heavy atom. The van der Waals surface area contributed by atoms with Crippen LogP contribution >= 0.6 is 0 Å². The van der Waals surface area contributed by atoms with Crippen LogP contribution in [0.5, 0.6) is 0 Å². The van der Waals surface area contributed by atoms with Gasteiger partial charge < -0.3 is 5.11 Å². The van der Waals surface area contributed by atoms with Crippen LogP contribution < -0.4 is 0 Å². The summed E-state index contributed by atoms with van der Waals surface area (Å²) >= 11 is 0. The van der Waals surface area contributed by atoms with Gasteiger partial charge in [0.05, 0.1) is 6.10 Å². The number of hydrogen-bond acceptors (Lipinski definition) is 1. The van der Waals surface area contributed by atoms with Crippen LogP contribution in [-0.2, 0) is 0 Å². The summed E-state index contributed by atoms with van der Waals surface area (Å²) in [5.74, 6) is -0.322. The van der Waals surface area contributed by atoms with E-state index in [1.807, 2.05) is 0 Å². The molecule has 0 bridgehead atoms. The third kappa shape index (κ3) is 2.16. The second kappa shape index (κ2) is 4.19. The van der Waals surface area contributed by atoms with Crippen molar-refractivity contribution in [2.75, 3.05) is 0 Å². The lowest BCUT2D eigenvalue weighted by Gasteiger charge is -2.10. The zero-order chi connectivity index (χ0) is 9.84. The molecule has 2 heteroatoms. The number of aliphatic hydroxyl groups excluding tert-OH is 1. The lowest BCUT2D eigenvalue weighted by atomic mass is 10.0. The Hall–Kier alpha value is -1.15. The van der Waals surface area contributed by atoms with Crippen LogP contribution in [0.25, 0.3) is 0 Å². The number of halogens is 1. The van der Waals surface area contributed by atoms with Gasteiger partial charge in [0.15, 0.2) is 0 Å². The van der Waals surface area contributed by atoms with Gasteiger partial charge in [0.1, 0.15) is 5.82 Å². The fourth-order valence-corrected chi connectivity index (χ4v) is 1.21. The molecule has 0 fully saturated rings. The van der Waals surface area contributed by atoms with Gasteiger partial charge in [-0.2, -0.15) is 0 Å². The Kier molecular flexibility index (Phi) is 3.20. The molecular weight excluding hydrogens is 167 g/mol. The maximum Gasteiger partial charge on any atom is 0.131 e. The van der Waals surface area contributed by atoms with Gasteiger partial charge in [-0.3, -0.25) is 0 Å². The molecule has 1 nitrogen and oxygen atoms in total. The molecular formula is C11H13FO. The molecule has 0 heterocycles. The highest BCUT2D eigenvalue weighted by Crippen LogP contribution is 2.21. The largest absolute Gasteiger partial charge is 0.388 e. The lowest BCUT2D eigenvalue weighted by molar-refractivity contribution is 0.176. The van der Waals surface area contributed by atoms with Crippen LogP contribution in [0.4, 0.5) is 4.39 Å². The van der Waals surface area contributed by atoms with Crippen LogP contribution in [0.2, 0.25) is 0 Å². The summed E-state index contributed by atoms with van der Waals surface area (Å²) in [6.07, 6.45) is 1.17. The minimum atomic E-state index is -0.780. The molecule has 0 saturated carbocycles. The third-order valence-corrected chi connectivity index (χ3v) is 1.97. The summed E-state index contributed by atoms with van der Waals surface area (Å²) < 4.78 is 13.4. The van der Waals surface area contributed by atoms with E-state index in [0.29, 0.717) is 17.5 Å². The monoisotopic (exact) mass is 180 g/mol. The Morgan fingerprint density at radius 3 is 2.92 bits per heavy atom. The fraction of sp³-hybridized carbons (Fsp3) is 0.273. The van der Waals surface area contributed by atoms with E-state index in [1.165, 1.54) is 0 Å². The molecule has 0 spiro atoms. The highest BCUT2D eigenvalue weighted by molar-refractivity contribution is 5.26. The lowest BCUT2D eigenvalue weighted by Crippen LogP contribution is -2.00. The predicted molar refractivity (Wildman–Crippen MR) is 50.9 cm³/mol. The number of aliphatic hydroxyl groups is 1. The molecule has 0 aliphatic heterocycles. The first-order chi connectivity index (χ1) is 6.16. The van der Waals surface area contributed by atoms with E-state index in [1.54, 1.807) is 31.2 Å². The summed E-state index contributed by atoms with van der Waals surface area (Å²) in [6, 6.07) is 5.01. The fourth-order valence-electron chi connectivity index (χ4n) is 1.21. The minimum absolute atomic E-state index is 0.322. The molecule has 0 aliphatic carbocycles. The van der Waals surface area contributed by atoms with E-state index in [0.717, 1.165) is 0 Å². The first-order valence-electron chi connectivity index (χ1n) is 4.20. The molecule has 1 rings (SSSR count). The van der Waals surface area contributed by atoms with Crippen LogP contribution in [-0.4, -0.2) is 5.11 Å². The third-order valence-electron chi connectivity index (χ3n) is 1.97. The molecule has 0 radical (unpaired) electrons. The topological polar surface area (TPSA) is 20.2 Å². The quantitative estimate of drug-likeness (QED) is 0.709. The van der Waals surface area contributed by atoms with E-state index in [9.17, 15) is 9.50 Å². The molecule has 0 aromatic heterocycles. The van der Waals surface area contributed by atoms with Gasteiger partial charge in [-0.05, 0) is 18.9 Å². The van der Waals surface area contributed by atoms with Gasteiger partial charge >= 0.3 is 0 Å². The summed E-state index contributed by atoms with van der Waals surface area (Å²) in [6.45, 7) is 5.18. The van der Waals surface area contributed by atoms with Crippen molar-refractivity contribution in [2.45, 2.75) is 19.4 Å². The van der Waals surface area contributed by atoms with Gasteiger partial charge in [0, 0.05) is 5.56 Å². The van der Waals surface area contributed by atoms with Gasteiger partial charge in [0.25, 0.3) is 0 Å². The average molecular weight is 180 g/mol. The zero-order valence-electron chi connectivity index (χ0n) is 7.63. The van der Waals surface area contributed by atoms with E-state index >= 15 is 0 Å². The molecule has 70 valence electrons. The van der Waals surface area contributed by atoms with Gasteiger partial charge in [-0.15, -0.1) is 6.58 Å². The zero-order valence-corrected chi connectivity index (χ0v) is 7.63. The summed E-state index contributed by atoms with van der Waals surface area (Å²) in [5.41, 5.74) is 0.903. The SMILES string of the molecule is C=CCC(O)c1cccc(C)c1F. The Labute approximate surface area is 77.5 Å².